The third-order valence-corrected chi connectivity index (χ3v) is 6.68. The predicted molar refractivity (Wildman–Crippen MR) is 147 cm³/mol. The minimum absolute atomic E-state index is 0.00152. The molecule has 0 heterocycles. The Hall–Kier alpha value is -2.83. The number of nitrogens with zero attached hydrogens (tertiary/aromatic N) is 1. The molecule has 0 atom stereocenters. The average molecular weight is 631 g/mol. The summed E-state index contributed by atoms with van der Waals surface area (Å²) < 4.78 is 13.7. The van der Waals surface area contributed by atoms with Crippen molar-refractivity contribution in [2.24, 2.45) is 0 Å². The van der Waals surface area contributed by atoms with E-state index in [-0.39, 0.29) is 5.57 Å². The lowest BCUT2D eigenvalue weighted by atomic mass is 10.1. The third kappa shape index (κ3) is 6.61. The van der Waals surface area contributed by atoms with Crippen molar-refractivity contribution in [3.63, 3.8) is 0 Å². The fourth-order valence-corrected chi connectivity index (χ4v) is 4.35. The van der Waals surface area contributed by atoms with Crippen LogP contribution in [-0.2, 0) is 11.4 Å². The van der Waals surface area contributed by atoms with E-state index in [0.29, 0.717) is 36.0 Å². The number of rotatable bonds is 8. The largest absolute Gasteiger partial charge is 0.490 e. The van der Waals surface area contributed by atoms with Crippen molar-refractivity contribution in [3.05, 3.63) is 90.5 Å². The lowest BCUT2D eigenvalue weighted by Crippen LogP contribution is -2.13. The van der Waals surface area contributed by atoms with Gasteiger partial charge in [0.1, 0.15) is 18.2 Å². The zero-order valence-corrected chi connectivity index (χ0v) is 22.9. The van der Waals surface area contributed by atoms with Gasteiger partial charge in [0.05, 0.1) is 10.2 Å². The van der Waals surface area contributed by atoms with Gasteiger partial charge in [0.15, 0.2) is 11.5 Å². The third-order valence-electron chi connectivity index (χ3n) is 5.10. The van der Waals surface area contributed by atoms with Gasteiger partial charge in [-0.1, -0.05) is 40.2 Å². The second-order valence-corrected chi connectivity index (χ2v) is 9.58. The molecule has 0 aliphatic heterocycles. The van der Waals surface area contributed by atoms with E-state index >= 15 is 0 Å². The molecule has 174 valence electrons. The highest BCUT2D eigenvalue weighted by Crippen LogP contribution is 2.36. The fourth-order valence-electron chi connectivity index (χ4n) is 3.17. The van der Waals surface area contributed by atoms with Crippen molar-refractivity contribution in [2.45, 2.75) is 27.4 Å². The predicted octanol–water partition coefficient (Wildman–Crippen LogP) is 7.19. The Morgan fingerprint density at radius 1 is 1.12 bits per heavy atom. The van der Waals surface area contributed by atoms with Crippen LogP contribution in [0.1, 0.15) is 29.2 Å². The molecular weight excluding hydrogens is 607 g/mol. The van der Waals surface area contributed by atoms with Gasteiger partial charge in [0.25, 0.3) is 5.91 Å². The normalized spacial score (nSPS) is 11.0. The molecule has 0 aromatic heterocycles. The van der Waals surface area contributed by atoms with Gasteiger partial charge in [-0.2, -0.15) is 5.26 Å². The summed E-state index contributed by atoms with van der Waals surface area (Å²) in [6, 6.07) is 19.1. The van der Waals surface area contributed by atoms with Crippen LogP contribution in [0.5, 0.6) is 11.5 Å². The van der Waals surface area contributed by atoms with Crippen LogP contribution in [0.15, 0.2) is 64.6 Å². The summed E-state index contributed by atoms with van der Waals surface area (Å²) in [5, 5.41) is 12.4. The first-order chi connectivity index (χ1) is 16.3. The van der Waals surface area contributed by atoms with E-state index in [1.807, 2.05) is 75.4 Å². The summed E-state index contributed by atoms with van der Waals surface area (Å²) in [4.78, 5) is 12.7. The SMILES string of the molecule is CCOc1cc(/C=C(\C#N)C(=O)Nc2ccc(C)c(C)c2)cc(I)c1OCc1ccccc1Br. The molecule has 7 heteroatoms. The zero-order valence-electron chi connectivity index (χ0n) is 19.1. The summed E-state index contributed by atoms with van der Waals surface area (Å²) >= 11 is 5.71. The van der Waals surface area contributed by atoms with Gasteiger partial charge in [-0.15, -0.1) is 0 Å². The van der Waals surface area contributed by atoms with Crippen molar-refractivity contribution in [1.29, 1.82) is 5.26 Å². The Bertz CT molecular complexity index is 1280. The highest BCUT2D eigenvalue weighted by Gasteiger charge is 2.15. The highest BCUT2D eigenvalue weighted by atomic mass is 127. The summed E-state index contributed by atoms with van der Waals surface area (Å²) in [6.45, 7) is 6.70. The molecule has 34 heavy (non-hydrogen) atoms. The molecular formula is C27H24BrIN2O3. The Morgan fingerprint density at radius 3 is 2.56 bits per heavy atom. The quantitative estimate of drug-likeness (QED) is 0.162. The maximum atomic E-state index is 12.7. The number of amides is 1. The van der Waals surface area contributed by atoms with Crippen molar-refractivity contribution in [3.8, 4) is 17.6 Å². The van der Waals surface area contributed by atoms with E-state index in [0.717, 1.165) is 24.7 Å². The molecule has 0 aliphatic rings. The van der Waals surface area contributed by atoms with E-state index in [1.165, 1.54) is 0 Å². The second-order valence-electron chi connectivity index (χ2n) is 7.57. The van der Waals surface area contributed by atoms with E-state index < -0.39 is 5.91 Å². The Labute approximate surface area is 222 Å². The number of carbonyl (C=O) groups is 1. The summed E-state index contributed by atoms with van der Waals surface area (Å²) in [5.74, 6) is 0.709. The number of hydrogen-bond donors (Lipinski definition) is 1. The first-order valence-electron chi connectivity index (χ1n) is 10.6. The maximum absolute atomic E-state index is 12.7. The molecule has 0 fully saturated rings. The number of carbonyl (C=O) groups excluding carboxylic acids is 1. The van der Waals surface area contributed by atoms with Crippen LogP contribution in [-0.4, -0.2) is 12.5 Å². The first kappa shape index (κ1) is 25.8. The minimum Gasteiger partial charge on any atom is -0.490 e. The molecule has 0 saturated carbocycles. The summed E-state index contributed by atoms with van der Waals surface area (Å²) in [6.07, 6.45) is 1.55. The molecule has 5 nitrogen and oxygen atoms in total. The van der Waals surface area contributed by atoms with Crippen LogP contribution in [0.3, 0.4) is 0 Å². The van der Waals surface area contributed by atoms with E-state index in [2.05, 4.69) is 43.8 Å². The summed E-state index contributed by atoms with van der Waals surface area (Å²) in [5.41, 5.74) is 4.53. The Morgan fingerprint density at radius 2 is 1.88 bits per heavy atom. The number of halogens is 2. The number of aryl methyl sites for hydroxylation is 2. The number of hydrogen-bond acceptors (Lipinski definition) is 4. The second kappa shape index (κ2) is 12.0. The molecule has 3 aromatic rings. The molecule has 1 N–H and O–H groups in total. The number of benzene rings is 3. The first-order valence-corrected chi connectivity index (χ1v) is 12.5. The van der Waals surface area contributed by atoms with E-state index in [4.69, 9.17) is 9.47 Å². The van der Waals surface area contributed by atoms with Crippen molar-refractivity contribution in [2.75, 3.05) is 11.9 Å². The van der Waals surface area contributed by atoms with Gasteiger partial charge in [-0.05, 0) is 96.5 Å². The van der Waals surface area contributed by atoms with Gasteiger partial charge in [-0.3, -0.25) is 4.79 Å². The van der Waals surface area contributed by atoms with Crippen LogP contribution < -0.4 is 14.8 Å². The van der Waals surface area contributed by atoms with Gasteiger partial charge in [0.2, 0.25) is 0 Å². The minimum atomic E-state index is -0.465. The van der Waals surface area contributed by atoms with Gasteiger partial charge < -0.3 is 14.8 Å². The number of anilines is 1. The van der Waals surface area contributed by atoms with Gasteiger partial charge in [-0.25, -0.2) is 0 Å². The number of nitrogens with one attached hydrogen (secondary N) is 1. The number of nitriles is 1. The van der Waals surface area contributed by atoms with Crippen LogP contribution >= 0.6 is 38.5 Å². The van der Waals surface area contributed by atoms with Crippen LogP contribution in [0.25, 0.3) is 6.08 Å². The molecule has 3 aromatic carbocycles. The van der Waals surface area contributed by atoms with Crippen LogP contribution in [0.4, 0.5) is 5.69 Å². The molecule has 0 saturated heterocycles. The lowest BCUT2D eigenvalue weighted by molar-refractivity contribution is -0.112. The number of ether oxygens (including phenoxy) is 2. The maximum Gasteiger partial charge on any atom is 0.266 e. The van der Waals surface area contributed by atoms with Gasteiger partial charge >= 0.3 is 0 Å². The fraction of sp³-hybridized carbons (Fsp3) is 0.185. The Balaban J connectivity index is 1.86. The van der Waals surface area contributed by atoms with Gasteiger partial charge in [0, 0.05) is 15.7 Å². The topological polar surface area (TPSA) is 71.3 Å². The molecule has 0 unspecified atom stereocenters. The molecule has 1 amide bonds. The summed E-state index contributed by atoms with van der Waals surface area (Å²) in [7, 11) is 0. The van der Waals surface area contributed by atoms with E-state index in [1.54, 1.807) is 12.1 Å². The van der Waals surface area contributed by atoms with Crippen molar-refractivity contribution < 1.29 is 14.3 Å². The Kier molecular flexibility index (Phi) is 9.13. The van der Waals surface area contributed by atoms with Crippen LogP contribution in [0, 0.1) is 28.7 Å². The van der Waals surface area contributed by atoms with Crippen molar-refractivity contribution in [1.82, 2.24) is 0 Å². The highest BCUT2D eigenvalue weighted by molar-refractivity contribution is 14.1. The molecule has 0 radical (unpaired) electrons. The smallest absolute Gasteiger partial charge is 0.266 e. The molecule has 0 bridgehead atoms. The average Bonchev–Trinajstić information content (AvgIpc) is 2.80. The monoisotopic (exact) mass is 630 g/mol. The van der Waals surface area contributed by atoms with Crippen molar-refractivity contribution >= 4 is 56.2 Å². The lowest BCUT2D eigenvalue weighted by Gasteiger charge is -2.15. The molecule has 3 rings (SSSR count). The van der Waals surface area contributed by atoms with E-state index in [9.17, 15) is 10.1 Å². The zero-order chi connectivity index (χ0) is 24.7. The standard InChI is InChI=1S/C27H24BrIN2O3/c1-4-33-25-14-19(13-24(29)26(25)34-16-20-7-5-6-8-23(20)28)12-21(15-30)27(32)31-22-10-9-17(2)18(3)11-22/h5-14H,4,16H2,1-3H3,(H,31,32)/b21-12+. The van der Waals surface area contributed by atoms with Crippen LogP contribution in [0.2, 0.25) is 0 Å². The molecule has 0 aliphatic carbocycles. The molecule has 0 spiro atoms.